The van der Waals surface area contributed by atoms with Crippen molar-refractivity contribution in [1.82, 2.24) is 14.8 Å². The first-order valence-corrected chi connectivity index (χ1v) is 7.57. The van der Waals surface area contributed by atoms with Crippen LogP contribution in [0.1, 0.15) is 16.8 Å². The first kappa shape index (κ1) is 12.8. The highest BCUT2D eigenvalue weighted by molar-refractivity contribution is 6.05. The third-order valence-corrected chi connectivity index (χ3v) is 4.85. The number of nitrogens with zero attached hydrogens (tertiary/aromatic N) is 3. The zero-order chi connectivity index (χ0) is 14.4. The molecule has 4 heteroatoms. The highest BCUT2D eigenvalue weighted by atomic mass is 16.2. The molecule has 0 unspecified atom stereocenters. The van der Waals surface area contributed by atoms with Crippen LogP contribution >= 0.6 is 0 Å². The van der Waals surface area contributed by atoms with Crippen molar-refractivity contribution in [2.45, 2.75) is 12.5 Å². The molecule has 4 rings (SSSR count). The predicted octanol–water partition coefficient (Wildman–Crippen LogP) is 2.01. The highest BCUT2D eigenvalue weighted by Gasteiger charge is 2.42. The van der Waals surface area contributed by atoms with Crippen molar-refractivity contribution in [3.8, 4) is 0 Å². The fourth-order valence-electron chi connectivity index (χ4n) is 3.86. The van der Waals surface area contributed by atoms with Gasteiger partial charge in [-0.1, -0.05) is 18.2 Å². The summed E-state index contributed by atoms with van der Waals surface area (Å²) in [4.78, 5) is 21.8. The fourth-order valence-corrected chi connectivity index (χ4v) is 3.86. The van der Waals surface area contributed by atoms with Gasteiger partial charge in [0.25, 0.3) is 5.91 Å². The second-order valence-electron chi connectivity index (χ2n) is 6.22. The topological polar surface area (TPSA) is 36.4 Å². The molecule has 0 aliphatic carbocycles. The molecule has 3 heterocycles. The Labute approximate surface area is 124 Å². The highest BCUT2D eigenvalue weighted by Crippen LogP contribution is 2.32. The lowest BCUT2D eigenvalue weighted by Gasteiger charge is -2.24. The first-order valence-electron chi connectivity index (χ1n) is 7.57. The molecule has 2 aliphatic heterocycles. The van der Waals surface area contributed by atoms with E-state index in [0.717, 1.165) is 42.5 Å². The van der Waals surface area contributed by atoms with Crippen molar-refractivity contribution >= 4 is 16.8 Å². The predicted molar refractivity (Wildman–Crippen MR) is 82.2 cm³/mol. The molecule has 1 amide bonds. The maximum Gasteiger partial charge on any atom is 0.256 e. The number of likely N-dealkylation sites (tertiary alicyclic amines) is 2. The molecule has 0 radical (unpaired) electrons. The smallest absolute Gasteiger partial charge is 0.256 e. The molecule has 0 saturated carbocycles. The van der Waals surface area contributed by atoms with E-state index in [1.54, 1.807) is 6.20 Å². The minimum atomic E-state index is 0.141. The Kier molecular flexibility index (Phi) is 2.93. The summed E-state index contributed by atoms with van der Waals surface area (Å²) < 4.78 is 0. The molecule has 108 valence electrons. The molecule has 2 aromatic rings. The molecule has 21 heavy (non-hydrogen) atoms. The Bertz CT molecular complexity index is 694. The Morgan fingerprint density at radius 2 is 2.10 bits per heavy atom. The number of likely N-dealkylation sites (N-methyl/N-ethyl adjacent to an activating group) is 1. The molecule has 1 aromatic heterocycles. The van der Waals surface area contributed by atoms with Crippen LogP contribution in [0, 0.1) is 5.92 Å². The maximum absolute atomic E-state index is 13.0. The number of carbonyl (C=O) groups is 1. The van der Waals surface area contributed by atoms with Gasteiger partial charge in [-0.05, 0) is 31.5 Å². The van der Waals surface area contributed by atoms with Gasteiger partial charge >= 0.3 is 0 Å². The molecule has 2 saturated heterocycles. The molecule has 0 spiro atoms. The van der Waals surface area contributed by atoms with Gasteiger partial charge in [-0.15, -0.1) is 0 Å². The zero-order valence-corrected chi connectivity index (χ0v) is 12.2. The number of para-hydroxylation sites is 1. The van der Waals surface area contributed by atoms with E-state index in [0.29, 0.717) is 12.0 Å². The minimum absolute atomic E-state index is 0.141. The molecule has 2 atom stereocenters. The van der Waals surface area contributed by atoms with E-state index < -0.39 is 0 Å². The summed E-state index contributed by atoms with van der Waals surface area (Å²) in [6.07, 6.45) is 2.88. The van der Waals surface area contributed by atoms with Crippen molar-refractivity contribution in [1.29, 1.82) is 0 Å². The lowest BCUT2D eigenvalue weighted by atomic mass is 10.0. The lowest BCUT2D eigenvalue weighted by molar-refractivity contribution is 0.0731. The minimum Gasteiger partial charge on any atom is -0.334 e. The third-order valence-electron chi connectivity index (χ3n) is 4.85. The summed E-state index contributed by atoms with van der Waals surface area (Å²) in [7, 11) is 2.14. The number of hydrogen-bond donors (Lipinski definition) is 0. The van der Waals surface area contributed by atoms with E-state index in [-0.39, 0.29) is 5.91 Å². The normalized spacial score (nSPS) is 25.5. The summed E-state index contributed by atoms with van der Waals surface area (Å²) in [5, 5.41) is 1.03. The van der Waals surface area contributed by atoms with Crippen LogP contribution in [0.4, 0.5) is 0 Å². The average molecular weight is 281 g/mol. The van der Waals surface area contributed by atoms with E-state index in [2.05, 4.69) is 21.8 Å². The largest absolute Gasteiger partial charge is 0.334 e. The van der Waals surface area contributed by atoms with Gasteiger partial charge in [-0.2, -0.15) is 0 Å². The molecule has 2 aliphatic rings. The summed E-state index contributed by atoms with van der Waals surface area (Å²) in [6.45, 7) is 2.99. The van der Waals surface area contributed by atoms with Crippen molar-refractivity contribution in [2.24, 2.45) is 5.92 Å². The van der Waals surface area contributed by atoms with Crippen LogP contribution < -0.4 is 0 Å². The maximum atomic E-state index is 13.0. The monoisotopic (exact) mass is 281 g/mol. The molecular weight excluding hydrogens is 262 g/mol. The fraction of sp³-hybridized carbons (Fsp3) is 0.412. The van der Waals surface area contributed by atoms with E-state index in [4.69, 9.17) is 0 Å². The van der Waals surface area contributed by atoms with Crippen LogP contribution in [0.25, 0.3) is 10.9 Å². The first-order chi connectivity index (χ1) is 10.2. The van der Waals surface area contributed by atoms with Gasteiger partial charge < -0.3 is 9.80 Å². The van der Waals surface area contributed by atoms with Crippen molar-refractivity contribution in [3.05, 3.63) is 42.1 Å². The standard InChI is InChI=1S/C17H19N3O/c1-19-10-13-7-9-20(15(13)11-19)17(21)14-6-2-4-12-5-3-8-18-16(12)14/h2-6,8,13,15H,7,9-11H2,1H3/t13-,15+/m0/s1. The van der Waals surface area contributed by atoms with Crippen LogP contribution in [0.2, 0.25) is 0 Å². The molecule has 2 fully saturated rings. The van der Waals surface area contributed by atoms with Crippen LogP contribution in [0.15, 0.2) is 36.5 Å². The van der Waals surface area contributed by atoms with E-state index in [1.165, 1.54) is 0 Å². The van der Waals surface area contributed by atoms with E-state index in [9.17, 15) is 4.79 Å². The quantitative estimate of drug-likeness (QED) is 0.802. The SMILES string of the molecule is CN1C[C@@H]2CCN(C(=O)c3cccc4cccnc34)[C@@H]2C1. The Balaban J connectivity index is 1.71. The van der Waals surface area contributed by atoms with Gasteiger partial charge in [0.2, 0.25) is 0 Å². The summed E-state index contributed by atoms with van der Waals surface area (Å²) in [6, 6.07) is 10.2. The van der Waals surface area contributed by atoms with Crippen LogP contribution in [0.3, 0.4) is 0 Å². The number of hydrogen-bond acceptors (Lipinski definition) is 3. The van der Waals surface area contributed by atoms with Gasteiger partial charge in [-0.25, -0.2) is 0 Å². The number of pyridine rings is 1. The lowest BCUT2D eigenvalue weighted by Crippen LogP contribution is -2.39. The van der Waals surface area contributed by atoms with Crippen molar-refractivity contribution < 1.29 is 4.79 Å². The molecular formula is C17H19N3O. The van der Waals surface area contributed by atoms with Crippen LogP contribution in [-0.4, -0.2) is 53.4 Å². The second kappa shape index (κ2) is 4.81. The molecule has 4 nitrogen and oxygen atoms in total. The van der Waals surface area contributed by atoms with Crippen LogP contribution in [-0.2, 0) is 0 Å². The molecule has 0 bridgehead atoms. The van der Waals surface area contributed by atoms with Crippen LogP contribution in [0.5, 0.6) is 0 Å². The third kappa shape index (κ3) is 2.02. The van der Waals surface area contributed by atoms with Gasteiger partial charge in [0.15, 0.2) is 0 Å². The van der Waals surface area contributed by atoms with E-state index >= 15 is 0 Å². The Hall–Kier alpha value is -1.94. The zero-order valence-electron chi connectivity index (χ0n) is 12.2. The number of aromatic nitrogens is 1. The molecule has 0 N–H and O–H groups in total. The Morgan fingerprint density at radius 1 is 1.24 bits per heavy atom. The van der Waals surface area contributed by atoms with E-state index in [1.807, 2.05) is 30.3 Å². The summed E-state index contributed by atoms with van der Waals surface area (Å²) in [5.41, 5.74) is 1.56. The van der Waals surface area contributed by atoms with Gasteiger partial charge in [0.1, 0.15) is 0 Å². The van der Waals surface area contributed by atoms with Gasteiger partial charge in [-0.3, -0.25) is 9.78 Å². The number of amides is 1. The average Bonchev–Trinajstić information content (AvgIpc) is 3.05. The number of fused-ring (bicyclic) bond motifs is 2. The number of benzene rings is 1. The second-order valence-corrected chi connectivity index (χ2v) is 6.22. The number of rotatable bonds is 1. The summed E-state index contributed by atoms with van der Waals surface area (Å²) in [5.74, 6) is 0.781. The summed E-state index contributed by atoms with van der Waals surface area (Å²) >= 11 is 0. The number of carbonyl (C=O) groups excluding carboxylic acids is 1. The molecule has 1 aromatic carbocycles. The van der Waals surface area contributed by atoms with Gasteiger partial charge in [0.05, 0.1) is 11.1 Å². The van der Waals surface area contributed by atoms with Gasteiger partial charge in [0, 0.05) is 37.3 Å². The van der Waals surface area contributed by atoms with Crippen molar-refractivity contribution in [3.63, 3.8) is 0 Å². The Morgan fingerprint density at radius 3 is 3.00 bits per heavy atom. The van der Waals surface area contributed by atoms with Crippen molar-refractivity contribution in [2.75, 3.05) is 26.7 Å².